The van der Waals surface area contributed by atoms with Gasteiger partial charge < -0.3 is 24.1 Å². The molecule has 1 N–H and O–H groups in total. The second kappa shape index (κ2) is 7.62. The Balaban J connectivity index is -0.000000249. The first kappa shape index (κ1) is 18.9. The molecule has 0 bridgehead atoms. The molecule has 0 aromatic heterocycles. The zero-order valence-corrected chi connectivity index (χ0v) is 9.68. The molecule has 0 heterocycles. The van der Waals surface area contributed by atoms with Crippen molar-refractivity contribution in [3.8, 4) is 0 Å². The Morgan fingerprint density at radius 3 is 1.42 bits per heavy atom. The van der Waals surface area contributed by atoms with E-state index in [9.17, 15) is 23.8 Å². The van der Waals surface area contributed by atoms with Gasteiger partial charge in [0.2, 0.25) is 0 Å². The molecular weight excluding hydrogens is 292 g/mol. The molecule has 0 aromatic rings. The van der Waals surface area contributed by atoms with Crippen LogP contribution in [0.3, 0.4) is 0 Å². The Bertz CT molecular complexity index is 167. The number of rotatable bonds is 2. The van der Waals surface area contributed by atoms with Crippen LogP contribution in [0.15, 0.2) is 0 Å². The van der Waals surface area contributed by atoms with Crippen LogP contribution in [0.4, 0.5) is 0 Å². The fourth-order valence-corrected chi connectivity index (χ4v) is 1.14. The van der Waals surface area contributed by atoms with Gasteiger partial charge >= 0.3 is 21.0 Å². The van der Waals surface area contributed by atoms with Crippen LogP contribution in [0, 0.1) is 0 Å². The fourth-order valence-electron chi connectivity index (χ4n) is 0.126. The number of hydrogen-bond donors (Lipinski definition) is 1. The molecule has 1 radical (unpaired) electrons. The van der Waals surface area contributed by atoms with Crippen LogP contribution in [-0.2, 0) is 53.0 Å². The van der Waals surface area contributed by atoms with Crippen molar-refractivity contribution < 1.29 is 72.6 Å². The van der Waals surface area contributed by atoms with Crippen LogP contribution < -0.4 is 14.7 Å². The Labute approximate surface area is 88.3 Å². The predicted octanol–water partition coefficient (Wildman–Crippen LogP) is -2.83. The molecule has 0 spiro atoms. The fraction of sp³-hybridized carbons (Fsp3) is 0. The van der Waals surface area contributed by atoms with E-state index in [1.807, 2.05) is 0 Å². The summed E-state index contributed by atoms with van der Waals surface area (Å²) in [4.78, 5) is 35.7. The van der Waals surface area contributed by atoms with Crippen molar-refractivity contribution in [1.29, 1.82) is 0 Å². The SMILES string of the molecule is O=P([O-])([O-])OP(=O)([O-])O.[O]=[V].[V]. The Kier molecular flexibility index (Phi) is 12.0. The summed E-state index contributed by atoms with van der Waals surface area (Å²) in [5.74, 6) is 0. The van der Waals surface area contributed by atoms with Crippen molar-refractivity contribution in [2.45, 2.75) is 0 Å². The molecule has 0 aromatic carbocycles. The van der Waals surface area contributed by atoms with E-state index >= 15 is 0 Å². The zero-order chi connectivity index (χ0) is 9.71. The van der Waals surface area contributed by atoms with Crippen LogP contribution in [0.5, 0.6) is 0 Å². The summed E-state index contributed by atoms with van der Waals surface area (Å²) in [6.07, 6.45) is 0. The van der Waals surface area contributed by atoms with Gasteiger partial charge in [0, 0.05) is 18.6 Å². The van der Waals surface area contributed by atoms with E-state index < -0.39 is 15.6 Å². The molecule has 0 fully saturated rings. The van der Waals surface area contributed by atoms with Crippen molar-refractivity contribution >= 4 is 15.6 Å². The molecule has 1 unspecified atom stereocenters. The van der Waals surface area contributed by atoms with Crippen LogP contribution >= 0.6 is 15.6 Å². The first-order chi connectivity index (χ1) is 4.71. The molecule has 1 atom stereocenters. The number of hydrogen-bond acceptors (Lipinski definition) is 7. The minimum atomic E-state index is -5.61. The molecular formula is HO8P2V2-3. The Morgan fingerprint density at radius 1 is 1.17 bits per heavy atom. The van der Waals surface area contributed by atoms with Crippen LogP contribution in [0.25, 0.3) is 0 Å². The topological polar surface area (TPSA) is 150 Å². The van der Waals surface area contributed by atoms with E-state index in [1.54, 1.807) is 0 Å². The van der Waals surface area contributed by atoms with Gasteiger partial charge in [0.15, 0.2) is 0 Å². The van der Waals surface area contributed by atoms with Gasteiger partial charge in [-0.1, -0.05) is 0 Å². The Hall–Kier alpha value is 1.23. The van der Waals surface area contributed by atoms with Gasteiger partial charge in [-0.25, -0.2) is 0 Å². The molecule has 72 valence electrons. The first-order valence-corrected chi connectivity index (χ1v) is 5.19. The van der Waals surface area contributed by atoms with Crippen LogP contribution in [0.1, 0.15) is 0 Å². The summed E-state index contributed by atoms with van der Waals surface area (Å²) in [5, 5.41) is 0. The maximum atomic E-state index is 9.44. The third-order valence-corrected chi connectivity index (χ3v) is 1.83. The predicted molar refractivity (Wildman–Crippen MR) is 19.2 cm³/mol. The van der Waals surface area contributed by atoms with Crippen molar-refractivity contribution in [2.75, 3.05) is 0 Å². The molecule has 0 saturated carbocycles. The average Bonchev–Trinajstić information content (AvgIpc) is 1.60. The minimum absolute atomic E-state index is 0. The molecule has 8 nitrogen and oxygen atoms in total. The molecule has 0 saturated heterocycles. The summed E-state index contributed by atoms with van der Waals surface area (Å²) in [7, 11) is -11.0. The van der Waals surface area contributed by atoms with Crippen LogP contribution in [0.2, 0.25) is 0 Å². The smallest absolute Gasteiger partial charge is 0 e. The van der Waals surface area contributed by atoms with Crippen molar-refractivity contribution in [1.82, 2.24) is 0 Å². The van der Waals surface area contributed by atoms with Gasteiger partial charge in [-0.05, 0) is 0 Å². The molecule has 0 amide bonds. The summed E-state index contributed by atoms with van der Waals surface area (Å²) in [5.41, 5.74) is 0. The third kappa shape index (κ3) is 22.5. The van der Waals surface area contributed by atoms with E-state index in [2.05, 4.69) is 4.31 Å². The van der Waals surface area contributed by atoms with E-state index in [0.717, 1.165) is 17.4 Å². The van der Waals surface area contributed by atoms with Gasteiger partial charge in [0.1, 0.15) is 0 Å². The van der Waals surface area contributed by atoms with E-state index in [0.29, 0.717) is 0 Å². The first-order valence-electron chi connectivity index (χ1n) is 1.66. The quantitative estimate of drug-likeness (QED) is 0.535. The molecule has 0 aliphatic carbocycles. The summed E-state index contributed by atoms with van der Waals surface area (Å²) in [6, 6.07) is 0. The minimum Gasteiger partial charge on any atom is 0 e. The molecule has 0 rings (SSSR count). The molecule has 0 aliphatic heterocycles. The van der Waals surface area contributed by atoms with Crippen molar-refractivity contribution in [2.24, 2.45) is 0 Å². The van der Waals surface area contributed by atoms with Gasteiger partial charge in [-0.3, -0.25) is 8.88 Å². The third-order valence-electron chi connectivity index (χ3n) is 0.203. The zero-order valence-electron chi connectivity index (χ0n) is 5.09. The summed E-state index contributed by atoms with van der Waals surface area (Å²) in [6.45, 7) is 0. The summed E-state index contributed by atoms with van der Waals surface area (Å²) < 4.78 is 29.6. The van der Waals surface area contributed by atoms with Gasteiger partial charge in [-0.2, -0.15) is 0 Å². The largest absolute Gasteiger partial charge is 0 e. The van der Waals surface area contributed by atoms with Gasteiger partial charge in [0.05, 0.1) is 7.82 Å². The van der Waals surface area contributed by atoms with Crippen molar-refractivity contribution in [3.05, 3.63) is 0 Å². The molecule has 12 heavy (non-hydrogen) atoms. The van der Waals surface area contributed by atoms with E-state index in [-0.39, 0.29) is 18.6 Å². The monoisotopic (exact) mass is 293 g/mol. The van der Waals surface area contributed by atoms with Gasteiger partial charge in [0.25, 0.3) is 7.82 Å². The second-order valence-electron chi connectivity index (χ2n) is 0.997. The Morgan fingerprint density at radius 2 is 1.42 bits per heavy atom. The number of phosphoric acid groups is 2. The maximum absolute atomic E-state index is 9.44. The standard InChI is InChI=1S/H4O7P2.O.2V/c1-8(2,3)7-9(4,5)6;;;/h(H2,1,2,3)(H2,4,5,6);;;/p-3. The average molecular weight is 293 g/mol. The van der Waals surface area contributed by atoms with Crippen molar-refractivity contribution in [3.63, 3.8) is 0 Å². The molecule has 12 heteroatoms. The van der Waals surface area contributed by atoms with Gasteiger partial charge in [-0.15, -0.1) is 0 Å². The van der Waals surface area contributed by atoms with E-state index in [1.165, 1.54) is 0 Å². The second-order valence-corrected chi connectivity index (χ2v) is 3.48. The maximum Gasteiger partial charge on any atom is 0 e. The van der Waals surface area contributed by atoms with Crippen LogP contribution in [-0.4, -0.2) is 4.89 Å². The molecule has 0 aliphatic rings. The normalized spacial score (nSPS) is 14.6. The summed E-state index contributed by atoms with van der Waals surface area (Å²) >= 11 is 1.06. The van der Waals surface area contributed by atoms with E-state index in [4.69, 9.17) is 8.57 Å².